The standard InChI is InChI=1S/C25H21N3O3S2/c29-25(23-10-4-5-11-24(23)32-18-19-7-2-1-3-8-19)27-20-12-14-22(15-13-20)33(30,31)28-21-9-6-16-26-17-21/h1-17,28H,18H2,(H,27,29). The molecule has 0 atom stereocenters. The highest BCUT2D eigenvalue weighted by atomic mass is 32.2. The summed E-state index contributed by atoms with van der Waals surface area (Å²) in [6.07, 6.45) is 2.99. The minimum absolute atomic E-state index is 0.0863. The van der Waals surface area contributed by atoms with Gasteiger partial charge in [-0.15, -0.1) is 11.8 Å². The van der Waals surface area contributed by atoms with Crippen molar-refractivity contribution in [2.75, 3.05) is 10.0 Å². The van der Waals surface area contributed by atoms with Gasteiger partial charge in [0.05, 0.1) is 22.3 Å². The molecule has 0 saturated carbocycles. The van der Waals surface area contributed by atoms with E-state index in [0.717, 1.165) is 10.6 Å². The number of aromatic nitrogens is 1. The van der Waals surface area contributed by atoms with Crippen LogP contribution in [0.5, 0.6) is 0 Å². The predicted octanol–water partition coefficient (Wildman–Crippen LogP) is 5.43. The molecule has 3 aromatic carbocycles. The lowest BCUT2D eigenvalue weighted by Crippen LogP contribution is -2.14. The van der Waals surface area contributed by atoms with Crippen LogP contribution in [-0.2, 0) is 15.8 Å². The number of amides is 1. The lowest BCUT2D eigenvalue weighted by Gasteiger charge is -2.11. The average Bonchev–Trinajstić information content (AvgIpc) is 2.84. The van der Waals surface area contributed by atoms with Crippen molar-refractivity contribution in [3.8, 4) is 0 Å². The molecular formula is C25H21N3O3S2. The molecule has 2 N–H and O–H groups in total. The normalized spacial score (nSPS) is 11.0. The molecule has 0 aliphatic carbocycles. The van der Waals surface area contributed by atoms with Crippen LogP contribution >= 0.6 is 11.8 Å². The second-order valence-electron chi connectivity index (χ2n) is 7.10. The van der Waals surface area contributed by atoms with Crippen molar-refractivity contribution in [3.63, 3.8) is 0 Å². The number of thioether (sulfide) groups is 1. The largest absolute Gasteiger partial charge is 0.322 e. The van der Waals surface area contributed by atoms with Crippen LogP contribution in [0.15, 0.2) is 113 Å². The van der Waals surface area contributed by atoms with Gasteiger partial charge in [-0.05, 0) is 54.1 Å². The maximum atomic E-state index is 12.9. The van der Waals surface area contributed by atoms with Crippen LogP contribution in [0.2, 0.25) is 0 Å². The van der Waals surface area contributed by atoms with Crippen LogP contribution in [0.3, 0.4) is 0 Å². The monoisotopic (exact) mass is 475 g/mol. The van der Waals surface area contributed by atoms with E-state index in [4.69, 9.17) is 0 Å². The van der Waals surface area contributed by atoms with E-state index in [1.54, 1.807) is 48.3 Å². The second-order valence-corrected chi connectivity index (χ2v) is 9.80. The van der Waals surface area contributed by atoms with Gasteiger partial charge in [0, 0.05) is 22.5 Å². The first-order chi connectivity index (χ1) is 16.0. The molecule has 6 nitrogen and oxygen atoms in total. The summed E-state index contributed by atoms with van der Waals surface area (Å²) in [6, 6.07) is 26.8. The van der Waals surface area contributed by atoms with E-state index in [-0.39, 0.29) is 10.8 Å². The van der Waals surface area contributed by atoms with Gasteiger partial charge in [0.15, 0.2) is 0 Å². The fourth-order valence-electron chi connectivity index (χ4n) is 3.07. The first kappa shape index (κ1) is 22.6. The molecule has 0 unspecified atom stereocenters. The summed E-state index contributed by atoms with van der Waals surface area (Å²) in [6.45, 7) is 0. The predicted molar refractivity (Wildman–Crippen MR) is 132 cm³/mol. The van der Waals surface area contributed by atoms with Crippen molar-refractivity contribution >= 4 is 39.1 Å². The minimum atomic E-state index is -3.76. The van der Waals surface area contributed by atoms with E-state index in [2.05, 4.69) is 27.2 Å². The summed E-state index contributed by atoms with van der Waals surface area (Å²) in [5.41, 5.74) is 2.62. The fourth-order valence-corrected chi connectivity index (χ4v) is 5.12. The number of rotatable bonds is 8. The van der Waals surface area contributed by atoms with Crippen LogP contribution in [-0.4, -0.2) is 19.3 Å². The molecule has 0 radical (unpaired) electrons. The van der Waals surface area contributed by atoms with Crippen LogP contribution in [0.1, 0.15) is 15.9 Å². The van der Waals surface area contributed by atoms with Crippen molar-refractivity contribution in [1.29, 1.82) is 0 Å². The molecule has 8 heteroatoms. The molecule has 1 heterocycles. The Morgan fingerprint density at radius 1 is 0.818 bits per heavy atom. The highest BCUT2D eigenvalue weighted by Crippen LogP contribution is 2.27. The van der Waals surface area contributed by atoms with Gasteiger partial charge in [-0.3, -0.25) is 14.5 Å². The molecule has 1 aromatic heterocycles. The lowest BCUT2D eigenvalue weighted by atomic mass is 10.2. The molecule has 4 rings (SSSR count). The van der Waals surface area contributed by atoms with E-state index in [0.29, 0.717) is 16.9 Å². The summed E-state index contributed by atoms with van der Waals surface area (Å²) >= 11 is 1.59. The van der Waals surface area contributed by atoms with Crippen molar-refractivity contribution in [3.05, 3.63) is 115 Å². The topological polar surface area (TPSA) is 88.2 Å². The summed E-state index contributed by atoms with van der Waals surface area (Å²) in [7, 11) is -3.76. The Hall–Kier alpha value is -3.62. The summed E-state index contributed by atoms with van der Waals surface area (Å²) in [5, 5.41) is 2.85. The number of carbonyl (C=O) groups is 1. The highest BCUT2D eigenvalue weighted by Gasteiger charge is 2.16. The number of hydrogen-bond donors (Lipinski definition) is 2. The molecule has 0 aliphatic heterocycles. The first-order valence-corrected chi connectivity index (χ1v) is 12.6. The Morgan fingerprint density at radius 3 is 2.27 bits per heavy atom. The van der Waals surface area contributed by atoms with Gasteiger partial charge in [0.1, 0.15) is 0 Å². The number of benzene rings is 3. The van der Waals surface area contributed by atoms with Crippen LogP contribution in [0.25, 0.3) is 0 Å². The van der Waals surface area contributed by atoms with Gasteiger partial charge in [0.25, 0.3) is 15.9 Å². The zero-order valence-electron chi connectivity index (χ0n) is 17.5. The van der Waals surface area contributed by atoms with Crippen molar-refractivity contribution in [2.45, 2.75) is 15.5 Å². The number of pyridine rings is 1. The van der Waals surface area contributed by atoms with Gasteiger partial charge < -0.3 is 5.32 Å². The van der Waals surface area contributed by atoms with Crippen molar-refractivity contribution in [2.24, 2.45) is 0 Å². The van der Waals surface area contributed by atoms with E-state index >= 15 is 0 Å². The third-order valence-corrected chi connectivity index (χ3v) is 7.25. The number of sulfonamides is 1. The van der Waals surface area contributed by atoms with Crippen LogP contribution < -0.4 is 10.0 Å². The number of nitrogens with zero attached hydrogens (tertiary/aromatic N) is 1. The molecule has 166 valence electrons. The van der Waals surface area contributed by atoms with Gasteiger partial charge in [-0.1, -0.05) is 42.5 Å². The Labute approximate surface area is 197 Å². The molecular weight excluding hydrogens is 454 g/mol. The summed E-state index contributed by atoms with van der Waals surface area (Å²) in [4.78, 5) is 17.8. The van der Waals surface area contributed by atoms with Crippen molar-refractivity contribution < 1.29 is 13.2 Å². The quantitative estimate of drug-likeness (QED) is 0.332. The maximum absolute atomic E-state index is 12.9. The molecule has 0 fully saturated rings. The summed E-state index contributed by atoms with van der Waals surface area (Å²) in [5.74, 6) is 0.497. The van der Waals surface area contributed by atoms with E-state index in [1.807, 2.05) is 36.4 Å². The highest BCUT2D eigenvalue weighted by molar-refractivity contribution is 7.98. The van der Waals surface area contributed by atoms with E-state index in [9.17, 15) is 13.2 Å². The average molecular weight is 476 g/mol. The van der Waals surface area contributed by atoms with Crippen LogP contribution in [0.4, 0.5) is 11.4 Å². The Bertz CT molecular complexity index is 1330. The van der Waals surface area contributed by atoms with E-state index in [1.165, 1.54) is 23.9 Å². The molecule has 4 aromatic rings. The Kier molecular flexibility index (Phi) is 7.07. The maximum Gasteiger partial charge on any atom is 0.261 e. The van der Waals surface area contributed by atoms with Gasteiger partial charge in [-0.2, -0.15) is 0 Å². The lowest BCUT2D eigenvalue weighted by molar-refractivity contribution is 0.102. The molecule has 0 bridgehead atoms. The molecule has 1 amide bonds. The minimum Gasteiger partial charge on any atom is -0.322 e. The number of nitrogens with one attached hydrogen (secondary N) is 2. The van der Waals surface area contributed by atoms with Gasteiger partial charge in [0.2, 0.25) is 0 Å². The number of anilines is 2. The molecule has 33 heavy (non-hydrogen) atoms. The zero-order chi connectivity index (χ0) is 23.1. The number of carbonyl (C=O) groups excluding carboxylic acids is 1. The SMILES string of the molecule is O=C(Nc1ccc(S(=O)(=O)Nc2cccnc2)cc1)c1ccccc1SCc1ccccc1. The third-order valence-electron chi connectivity index (χ3n) is 4.71. The Balaban J connectivity index is 1.44. The number of hydrogen-bond acceptors (Lipinski definition) is 5. The zero-order valence-corrected chi connectivity index (χ0v) is 19.1. The molecule has 0 saturated heterocycles. The van der Waals surface area contributed by atoms with E-state index < -0.39 is 10.0 Å². The fraction of sp³-hybridized carbons (Fsp3) is 0.0400. The van der Waals surface area contributed by atoms with Gasteiger partial charge in [-0.25, -0.2) is 8.42 Å². The molecule has 0 spiro atoms. The molecule has 0 aliphatic rings. The van der Waals surface area contributed by atoms with Crippen LogP contribution in [0, 0.1) is 0 Å². The smallest absolute Gasteiger partial charge is 0.261 e. The third kappa shape index (κ3) is 6.00. The van der Waals surface area contributed by atoms with Crippen molar-refractivity contribution in [1.82, 2.24) is 4.98 Å². The summed E-state index contributed by atoms with van der Waals surface area (Å²) < 4.78 is 27.6. The first-order valence-electron chi connectivity index (χ1n) is 10.1. The Morgan fingerprint density at radius 2 is 1.55 bits per heavy atom. The van der Waals surface area contributed by atoms with Gasteiger partial charge >= 0.3 is 0 Å². The second kappa shape index (κ2) is 10.3.